The van der Waals surface area contributed by atoms with Crippen LogP contribution in [0.1, 0.15) is 78.4 Å². The summed E-state index contributed by atoms with van der Waals surface area (Å²) in [5.74, 6) is 2.88. The molecule has 0 radical (unpaired) electrons. The molecular formula is C24H33NO3S. The first-order valence-electron chi connectivity index (χ1n) is 11.6. The Bertz CT molecular complexity index is 763. The van der Waals surface area contributed by atoms with E-state index in [1.54, 1.807) is 11.3 Å². The van der Waals surface area contributed by atoms with E-state index in [4.69, 9.17) is 4.74 Å². The molecule has 1 amide bonds. The van der Waals surface area contributed by atoms with Gasteiger partial charge in [-0.25, -0.2) is 4.79 Å². The molecule has 0 aromatic carbocycles. The Kier molecular flexibility index (Phi) is 5.21. The number of rotatable bonds is 6. The molecule has 4 saturated carbocycles. The van der Waals surface area contributed by atoms with Gasteiger partial charge in [-0.1, -0.05) is 13.3 Å². The van der Waals surface area contributed by atoms with Crippen molar-refractivity contribution in [3.8, 4) is 0 Å². The second-order valence-corrected chi connectivity index (χ2v) is 11.5. The number of fused-ring (bicyclic) bond motifs is 1. The minimum absolute atomic E-state index is 0.151. The maximum absolute atomic E-state index is 12.5. The van der Waals surface area contributed by atoms with E-state index in [2.05, 4.69) is 12.2 Å². The van der Waals surface area contributed by atoms with Crippen LogP contribution < -0.4 is 5.32 Å². The third-order valence-electron chi connectivity index (χ3n) is 8.12. The Morgan fingerprint density at radius 3 is 2.52 bits per heavy atom. The molecule has 1 heterocycles. The fourth-order valence-corrected chi connectivity index (χ4v) is 8.20. The normalized spacial score (nSPS) is 34.7. The first-order valence-corrected chi connectivity index (χ1v) is 12.4. The standard InChI is InChI=1S/C24H33NO3S/c1-2-15-3-4-20-19(8-15)9-21(29-20)23(27)28-13-22(26)25-14-24-10-16-5-17(11-24)7-18(6-16)12-24/h9,15-18H,2-8,10-14H2,1H3,(H,25,26)/t15-,16?,17?,18?,24?/m0/s1. The van der Waals surface area contributed by atoms with Crippen molar-refractivity contribution in [1.82, 2.24) is 5.32 Å². The first kappa shape index (κ1) is 19.6. The number of hydrogen-bond acceptors (Lipinski definition) is 4. The van der Waals surface area contributed by atoms with Crippen molar-refractivity contribution < 1.29 is 14.3 Å². The summed E-state index contributed by atoms with van der Waals surface area (Å²) in [6.07, 6.45) is 12.6. The van der Waals surface area contributed by atoms with Crippen molar-refractivity contribution in [3.05, 3.63) is 21.4 Å². The van der Waals surface area contributed by atoms with Crippen LogP contribution >= 0.6 is 11.3 Å². The summed E-state index contributed by atoms with van der Waals surface area (Å²) >= 11 is 1.55. The van der Waals surface area contributed by atoms with E-state index in [1.807, 2.05) is 6.07 Å². The molecule has 5 aliphatic carbocycles. The van der Waals surface area contributed by atoms with Crippen molar-refractivity contribution in [3.63, 3.8) is 0 Å². The van der Waals surface area contributed by atoms with Crippen molar-refractivity contribution in [2.45, 2.75) is 71.1 Å². The summed E-state index contributed by atoms with van der Waals surface area (Å²) in [5, 5.41) is 3.10. The molecule has 0 unspecified atom stereocenters. The number of nitrogens with one attached hydrogen (secondary N) is 1. The Labute approximate surface area is 177 Å². The van der Waals surface area contributed by atoms with E-state index in [-0.39, 0.29) is 18.5 Å². The van der Waals surface area contributed by atoms with E-state index < -0.39 is 0 Å². The molecule has 1 aromatic rings. The molecular weight excluding hydrogens is 382 g/mol. The summed E-state index contributed by atoms with van der Waals surface area (Å²) in [6.45, 7) is 2.84. The topological polar surface area (TPSA) is 55.4 Å². The SMILES string of the molecule is CC[C@H]1CCc2sc(C(=O)OCC(=O)NCC34CC5CC(CC(C5)C3)C4)cc2C1. The average Bonchev–Trinajstić information content (AvgIpc) is 3.13. The van der Waals surface area contributed by atoms with Gasteiger partial charge in [-0.05, 0) is 98.5 Å². The Morgan fingerprint density at radius 2 is 1.86 bits per heavy atom. The van der Waals surface area contributed by atoms with Crippen LogP contribution in [-0.4, -0.2) is 25.0 Å². The molecule has 1 N–H and O–H groups in total. The summed E-state index contributed by atoms with van der Waals surface area (Å²) in [7, 11) is 0. The van der Waals surface area contributed by atoms with Gasteiger partial charge in [0.1, 0.15) is 4.88 Å². The average molecular weight is 416 g/mol. The number of carbonyl (C=O) groups is 2. The highest BCUT2D eigenvalue weighted by atomic mass is 32.1. The van der Waals surface area contributed by atoms with Gasteiger partial charge < -0.3 is 10.1 Å². The van der Waals surface area contributed by atoms with Gasteiger partial charge in [0, 0.05) is 11.4 Å². The molecule has 0 saturated heterocycles. The van der Waals surface area contributed by atoms with Crippen LogP contribution in [0.15, 0.2) is 6.07 Å². The van der Waals surface area contributed by atoms with Crippen LogP contribution in [0.5, 0.6) is 0 Å². The van der Waals surface area contributed by atoms with Crippen LogP contribution in [-0.2, 0) is 22.4 Å². The van der Waals surface area contributed by atoms with Gasteiger partial charge >= 0.3 is 5.97 Å². The fraction of sp³-hybridized carbons (Fsp3) is 0.750. The van der Waals surface area contributed by atoms with Gasteiger partial charge in [-0.3, -0.25) is 4.79 Å². The first-order chi connectivity index (χ1) is 14.0. The van der Waals surface area contributed by atoms with Crippen molar-refractivity contribution in [1.29, 1.82) is 0 Å². The minimum Gasteiger partial charge on any atom is -0.451 e. The summed E-state index contributed by atoms with van der Waals surface area (Å²) < 4.78 is 5.35. The quantitative estimate of drug-likeness (QED) is 0.682. The smallest absolute Gasteiger partial charge is 0.348 e. The van der Waals surface area contributed by atoms with Gasteiger partial charge in [0.05, 0.1) is 0 Å². The Balaban J connectivity index is 1.11. The predicted octanol–water partition coefficient (Wildman–Crippen LogP) is 4.75. The second-order valence-electron chi connectivity index (χ2n) is 10.3. The second kappa shape index (κ2) is 7.72. The van der Waals surface area contributed by atoms with E-state index in [0.717, 1.165) is 43.1 Å². The molecule has 29 heavy (non-hydrogen) atoms. The lowest BCUT2D eigenvalue weighted by molar-refractivity contribution is -0.126. The monoisotopic (exact) mass is 415 g/mol. The Morgan fingerprint density at radius 1 is 1.17 bits per heavy atom. The third-order valence-corrected chi connectivity index (χ3v) is 9.34. The molecule has 5 heteroatoms. The van der Waals surface area contributed by atoms with Gasteiger partial charge in [0.15, 0.2) is 6.61 Å². The third kappa shape index (κ3) is 3.99. The lowest BCUT2D eigenvalue weighted by atomic mass is 9.49. The number of amides is 1. The van der Waals surface area contributed by atoms with E-state index in [9.17, 15) is 9.59 Å². The molecule has 4 fully saturated rings. The Hall–Kier alpha value is -1.36. The van der Waals surface area contributed by atoms with Crippen molar-refractivity contribution in [2.75, 3.05) is 13.2 Å². The number of hydrogen-bond donors (Lipinski definition) is 1. The highest BCUT2D eigenvalue weighted by Crippen LogP contribution is 2.59. The highest BCUT2D eigenvalue weighted by molar-refractivity contribution is 7.14. The van der Waals surface area contributed by atoms with Crippen molar-refractivity contribution >= 4 is 23.2 Å². The van der Waals surface area contributed by atoms with E-state index in [1.165, 1.54) is 61.8 Å². The van der Waals surface area contributed by atoms with Crippen LogP contribution in [0.4, 0.5) is 0 Å². The summed E-state index contributed by atoms with van der Waals surface area (Å²) in [6, 6.07) is 2.00. The number of esters is 1. The maximum Gasteiger partial charge on any atom is 0.348 e. The number of thiophene rings is 1. The molecule has 0 spiro atoms. The largest absolute Gasteiger partial charge is 0.451 e. The summed E-state index contributed by atoms with van der Waals surface area (Å²) in [4.78, 5) is 26.8. The molecule has 4 nitrogen and oxygen atoms in total. The van der Waals surface area contributed by atoms with Crippen molar-refractivity contribution in [2.24, 2.45) is 29.1 Å². The maximum atomic E-state index is 12.5. The number of ether oxygens (including phenoxy) is 1. The number of aryl methyl sites for hydroxylation is 1. The van der Waals surface area contributed by atoms with Gasteiger partial charge in [0.2, 0.25) is 0 Å². The molecule has 1 aromatic heterocycles. The zero-order valence-electron chi connectivity index (χ0n) is 17.5. The summed E-state index contributed by atoms with van der Waals surface area (Å²) in [5.41, 5.74) is 1.63. The van der Waals surface area contributed by atoms with Gasteiger partial charge in [-0.15, -0.1) is 11.3 Å². The van der Waals surface area contributed by atoms with Crippen LogP contribution in [0, 0.1) is 29.1 Å². The van der Waals surface area contributed by atoms with Gasteiger partial charge in [-0.2, -0.15) is 0 Å². The lowest BCUT2D eigenvalue weighted by Gasteiger charge is -2.56. The number of carbonyl (C=O) groups excluding carboxylic acids is 2. The predicted molar refractivity (Wildman–Crippen MR) is 114 cm³/mol. The lowest BCUT2D eigenvalue weighted by Crippen LogP contribution is -2.51. The van der Waals surface area contributed by atoms with Crippen LogP contribution in [0.2, 0.25) is 0 Å². The van der Waals surface area contributed by atoms with Crippen LogP contribution in [0.3, 0.4) is 0 Å². The fourth-order valence-electron chi connectivity index (χ4n) is 7.09. The molecule has 1 atom stereocenters. The van der Waals surface area contributed by atoms with Gasteiger partial charge in [0.25, 0.3) is 5.91 Å². The highest BCUT2D eigenvalue weighted by Gasteiger charge is 2.50. The molecule has 0 aliphatic heterocycles. The zero-order chi connectivity index (χ0) is 20.0. The molecule has 5 aliphatic rings. The minimum atomic E-state index is -0.345. The molecule has 158 valence electrons. The zero-order valence-corrected chi connectivity index (χ0v) is 18.3. The van der Waals surface area contributed by atoms with E-state index in [0.29, 0.717) is 10.3 Å². The molecule has 6 rings (SSSR count). The molecule has 4 bridgehead atoms. The van der Waals surface area contributed by atoms with Crippen LogP contribution in [0.25, 0.3) is 0 Å². The van der Waals surface area contributed by atoms with E-state index >= 15 is 0 Å².